The third-order valence-electron chi connectivity index (χ3n) is 3.62. The molecule has 1 aromatic heterocycles. The summed E-state index contributed by atoms with van der Waals surface area (Å²) < 4.78 is 33.3. The summed E-state index contributed by atoms with van der Waals surface area (Å²) in [6.45, 7) is 0. The molecule has 1 heterocycles. The number of para-hydroxylation sites is 1. The van der Waals surface area contributed by atoms with E-state index in [9.17, 15) is 8.78 Å². The van der Waals surface area contributed by atoms with Crippen molar-refractivity contribution >= 4 is 22.7 Å². The van der Waals surface area contributed by atoms with Gasteiger partial charge in [0.05, 0.1) is 5.52 Å². The van der Waals surface area contributed by atoms with Crippen LogP contribution in [0, 0.1) is 11.6 Å². The van der Waals surface area contributed by atoms with Crippen LogP contribution in [0.5, 0.6) is 11.5 Å². The highest BCUT2D eigenvalue weighted by Gasteiger charge is 2.14. The Morgan fingerprint density at radius 2 is 1.76 bits per heavy atom. The first-order valence-corrected chi connectivity index (χ1v) is 7.63. The number of imidazole rings is 1. The van der Waals surface area contributed by atoms with Gasteiger partial charge in [-0.15, -0.1) is 0 Å². The molecular formula is C19H13F2N3O. The van der Waals surface area contributed by atoms with Gasteiger partial charge in [0.1, 0.15) is 17.1 Å². The minimum atomic E-state index is -0.612. The molecule has 0 saturated carbocycles. The summed E-state index contributed by atoms with van der Waals surface area (Å²) >= 11 is 0. The van der Waals surface area contributed by atoms with Crippen molar-refractivity contribution < 1.29 is 13.5 Å². The Hall–Kier alpha value is -3.41. The molecule has 0 radical (unpaired) electrons. The van der Waals surface area contributed by atoms with E-state index in [1.165, 1.54) is 24.3 Å². The number of aromatic nitrogens is 2. The standard InChI is InChI=1S/C19H13F2N3O/c20-12-5-4-8-14(11-12)25-16-10-9-15-18(17(16)21)24-19(23-15)22-13-6-2-1-3-7-13/h1-11H,(H2,22,23,24). The van der Waals surface area contributed by atoms with Gasteiger partial charge >= 0.3 is 0 Å². The van der Waals surface area contributed by atoms with Gasteiger partial charge in [0, 0.05) is 11.8 Å². The first-order valence-electron chi connectivity index (χ1n) is 7.63. The van der Waals surface area contributed by atoms with E-state index in [2.05, 4.69) is 15.3 Å². The normalized spacial score (nSPS) is 10.8. The number of ether oxygens (including phenoxy) is 1. The van der Waals surface area contributed by atoms with Crippen LogP contribution in [0.1, 0.15) is 0 Å². The van der Waals surface area contributed by atoms with E-state index in [0.29, 0.717) is 11.5 Å². The molecule has 0 aliphatic carbocycles. The molecule has 25 heavy (non-hydrogen) atoms. The Kier molecular flexibility index (Phi) is 3.78. The lowest BCUT2D eigenvalue weighted by atomic mass is 10.3. The molecule has 0 aliphatic rings. The van der Waals surface area contributed by atoms with E-state index in [4.69, 9.17) is 4.74 Å². The lowest BCUT2D eigenvalue weighted by Gasteiger charge is -2.06. The molecule has 0 unspecified atom stereocenters. The van der Waals surface area contributed by atoms with Gasteiger partial charge in [0.25, 0.3) is 0 Å². The second kappa shape index (κ2) is 6.24. The van der Waals surface area contributed by atoms with Crippen LogP contribution in [0.25, 0.3) is 11.0 Å². The summed E-state index contributed by atoms with van der Waals surface area (Å²) in [7, 11) is 0. The number of benzene rings is 3. The topological polar surface area (TPSA) is 49.9 Å². The zero-order chi connectivity index (χ0) is 17.2. The number of nitrogens with zero attached hydrogens (tertiary/aromatic N) is 1. The number of hydrogen-bond acceptors (Lipinski definition) is 3. The van der Waals surface area contributed by atoms with Crippen LogP contribution in [0.4, 0.5) is 20.4 Å². The molecular weight excluding hydrogens is 324 g/mol. The van der Waals surface area contributed by atoms with E-state index >= 15 is 0 Å². The van der Waals surface area contributed by atoms with Crippen molar-refractivity contribution in [2.24, 2.45) is 0 Å². The Labute approximate surface area is 142 Å². The van der Waals surface area contributed by atoms with E-state index in [1.807, 2.05) is 30.3 Å². The maximum absolute atomic E-state index is 14.7. The molecule has 0 amide bonds. The quantitative estimate of drug-likeness (QED) is 0.526. The van der Waals surface area contributed by atoms with Crippen molar-refractivity contribution in [2.45, 2.75) is 0 Å². The number of hydrogen-bond donors (Lipinski definition) is 2. The van der Waals surface area contributed by atoms with Crippen LogP contribution in [-0.2, 0) is 0 Å². The number of fused-ring (bicyclic) bond motifs is 1. The van der Waals surface area contributed by atoms with Crippen molar-refractivity contribution in [1.82, 2.24) is 9.97 Å². The number of nitrogens with one attached hydrogen (secondary N) is 2. The predicted octanol–water partition coefficient (Wildman–Crippen LogP) is 5.38. The molecule has 4 rings (SSSR count). The number of H-pyrrole nitrogens is 1. The third-order valence-corrected chi connectivity index (χ3v) is 3.62. The zero-order valence-corrected chi connectivity index (χ0v) is 13.0. The van der Waals surface area contributed by atoms with Crippen LogP contribution in [0.2, 0.25) is 0 Å². The smallest absolute Gasteiger partial charge is 0.205 e. The van der Waals surface area contributed by atoms with Crippen molar-refractivity contribution in [3.63, 3.8) is 0 Å². The summed E-state index contributed by atoms with van der Waals surface area (Å²) in [5, 5.41) is 3.07. The highest BCUT2D eigenvalue weighted by Crippen LogP contribution is 2.30. The van der Waals surface area contributed by atoms with E-state index in [0.717, 1.165) is 5.69 Å². The Morgan fingerprint density at radius 1 is 0.920 bits per heavy atom. The molecule has 4 aromatic rings. The fraction of sp³-hybridized carbons (Fsp3) is 0. The summed E-state index contributed by atoms with van der Waals surface area (Å²) in [5.41, 5.74) is 1.51. The van der Waals surface area contributed by atoms with E-state index in [1.54, 1.807) is 12.1 Å². The zero-order valence-electron chi connectivity index (χ0n) is 13.0. The fourth-order valence-corrected chi connectivity index (χ4v) is 2.48. The van der Waals surface area contributed by atoms with Crippen LogP contribution < -0.4 is 10.1 Å². The number of aromatic amines is 1. The van der Waals surface area contributed by atoms with Gasteiger partial charge in [-0.2, -0.15) is 0 Å². The SMILES string of the molecule is Fc1cccc(Oc2ccc3[nH]c(Nc4ccccc4)nc3c2F)c1. The van der Waals surface area contributed by atoms with Crippen LogP contribution in [0.3, 0.4) is 0 Å². The van der Waals surface area contributed by atoms with Crippen molar-refractivity contribution in [3.8, 4) is 11.5 Å². The number of halogens is 2. The van der Waals surface area contributed by atoms with E-state index in [-0.39, 0.29) is 17.0 Å². The van der Waals surface area contributed by atoms with Crippen molar-refractivity contribution in [2.75, 3.05) is 5.32 Å². The van der Waals surface area contributed by atoms with Gasteiger partial charge < -0.3 is 15.0 Å². The second-order valence-corrected chi connectivity index (χ2v) is 5.41. The molecule has 0 atom stereocenters. The summed E-state index contributed by atoms with van der Waals surface area (Å²) in [6, 6.07) is 18.1. The van der Waals surface area contributed by atoms with Crippen LogP contribution >= 0.6 is 0 Å². The largest absolute Gasteiger partial charge is 0.454 e. The monoisotopic (exact) mass is 337 g/mol. The Balaban J connectivity index is 1.65. The Morgan fingerprint density at radius 3 is 2.56 bits per heavy atom. The first-order chi connectivity index (χ1) is 12.2. The van der Waals surface area contributed by atoms with Crippen molar-refractivity contribution in [3.05, 3.63) is 78.4 Å². The number of rotatable bonds is 4. The van der Waals surface area contributed by atoms with Gasteiger partial charge in [-0.25, -0.2) is 13.8 Å². The van der Waals surface area contributed by atoms with Gasteiger partial charge in [-0.1, -0.05) is 24.3 Å². The lowest BCUT2D eigenvalue weighted by Crippen LogP contribution is -1.91. The van der Waals surface area contributed by atoms with E-state index < -0.39 is 11.6 Å². The molecule has 0 fully saturated rings. The van der Waals surface area contributed by atoms with Gasteiger partial charge in [0.2, 0.25) is 5.95 Å². The molecule has 0 spiro atoms. The molecule has 6 heteroatoms. The maximum atomic E-state index is 14.7. The van der Waals surface area contributed by atoms with Gasteiger partial charge in [-0.05, 0) is 36.4 Å². The molecule has 124 valence electrons. The molecule has 2 N–H and O–H groups in total. The lowest BCUT2D eigenvalue weighted by molar-refractivity contribution is 0.442. The second-order valence-electron chi connectivity index (χ2n) is 5.41. The minimum absolute atomic E-state index is 0.0177. The Bertz CT molecular complexity index is 1030. The molecule has 0 saturated heterocycles. The molecule has 0 bridgehead atoms. The highest BCUT2D eigenvalue weighted by molar-refractivity contribution is 5.80. The van der Waals surface area contributed by atoms with Gasteiger partial charge in [0.15, 0.2) is 11.6 Å². The average Bonchev–Trinajstić information content (AvgIpc) is 3.02. The van der Waals surface area contributed by atoms with Crippen LogP contribution in [0.15, 0.2) is 66.7 Å². The summed E-state index contributed by atoms with van der Waals surface area (Å²) in [6.07, 6.45) is 0. The fourth-order valence-electron chi connectivity index (χ4n) is 2.48. The average molecular weight is 337 g/mol. The third kappa shape index (κ3) is 3.14. The molecule has 3 aromatic carbocycles. The van der Waals surface area contributed by atoms with Gasteiger partial charge in [-0.3, -0.25) is 0 Å². The summed E-state index contributed by atoms with van der Waals surface area (Å²) in [5.74, 6) is -0.442. The number of anilines is 2. The minimum Gasteiger partial charge on any atom is -0.454 e. The molecule has 0 aliphatic heterocycles. The summed E-state index contributed by atoms with van der Waals surface area (Å²) in [4.78, 5) is 7.24. The van der Waals surface area contributed by atoms with Crippen molar-refractivity contribution in [1.29, 1.82) is 0 Å². The molecule has 4 nitrogen and oxygen atoms in total. The first kappa shape index (κ1) is 15.1. The van der Waals surface area contributed by atoms with Crippen LogP contribution in [-0.4, -0.2) is 9.97 Å². The predicted molar refractivity (Wildman–Crippen MR) is 92.3 cm³/mol. The highest BCUT2D eigenvalue weighted by atomic mass is 19.1. The maximum Gasteiger partial charge on any atom is 0.205 e.